The third-order valence-electron chi connectivity index (χ3n) is 3.47. The fraction of sp³-hybridized carbons (Fsp3) is 0.611. The summed E-state index contributed by atoms with van der Waals surface area (Å²) in [7, 11) is 0. The van der Waals surface area contributed by atoms with Gasteiger partial charge in [0, 0.05) is 12.3 Å². The molecule has 0 spiro atoms. The Morgan fingerprint density at radius 2 is 2.00 bits per heavy atom. The van der Waals surface area contributed by atoms with Gasteiger partial charge in [-0.15, -0.1) is 0 Å². The second-order valence-electron chi connectivity index (χ2n) is 6.01. The average molecular weight is 307 g/mol. The predicted octanol–water partition coefficient (Wildman–Crippen LogP) is 4.32. The number of anilines is 1. The highest BCUT2D eigenvalue weighted by Gasteiger charge is 2.32. The summed E-state index contributed by atoms with van der Waals surface area (Å²) in [5, 5.41) is 2.95. The van der Waals surface area contributed by atoms with E-state index in [4.69, 9.17) is 9.47 Å². The standard InChI is InChI=1S/C18H29NO3/c1-7-11-18(6,21-8-2)17(20)19-15-9-10-16(14(5)12-15)22-13(3)4/h9-10,12-13H,7-8,11H2,1-6H3,(H,19,20)/t18-/m0/s1. The van der Waals surface area contributed by atoms with Gasteiger partial charge in [-0.1, -0.05) is 13.3 Å². The minimum Gasteiger partial charge on any atom is -0.491 e. The fourth-order valence-corrected chi connectivity index (χ4v) is 2.42. The van der Waals surface area contributed by atoms with Crippen LogP contribution in [0, 0.1) is 6.92 Å². The molecule has 22 heavy (non-hydrogen) atoms. The summed E-state index contributed by atoms with van der Waals surface area (Å²) in [5.74, 6) is 0.738. The molecule has 1 atom stereocenters. The van der Waals surface area contributed by atoms with Crippen molar-refractivity contribution in [1.82, 2.24) is 0 Å². The lowest BCUT2D eigenvalue weighted by Gasteiger charge is -2.28. The van der Waals surface area contributed by atoms with Gasteiger partial charge in [0.1, 0.15) is 11.4 Å². The van der Waals surface area contributed by atoms with E-state index in [0.29, 0.717) is 13.0 Å². The maximum absolute atomic E-state index is 12.5. The van der Waals surface area contributed by atoms with E-state index in [9.17, 15) is 4.79 Å². The lowest BCUT2D eigenvalue weighted by Crippen LogP contribution is -2.42. The van der Waals surface area contributed by atoms with Crippen LogP contribution in [0.1, 0.15) is 53.0 Å². The largest absolute Gasteiger partial charge is 0.491 e. The van der Waals surface area contributed by atoms with E-state index in [0.717, 1.165) is 23.4 Å². The SMILES string of the molecule is CCC[C@](C)(OCC)C(=O)Nc1ccc(OC(C)C)c(C)c1. The van der Waals surface area contributed by atoms with Crippen molar-refractivity contribution in [3.63, 3.8) is 0 Å². The fourth-order valence-electron chi connectivity index (χ4n) is 2.42. The van der Waals surface area contributed by atoms with Gasteiger partial charge in [0.25, 0.3) is 5.91 Å². The van der Waals surface area contributed by atoms with Crippen molar-refractivity contribution in [1.29, 1.82) is 0 Å². The molecule has 0 aliphatic rings. The first kappa shape index (κ1) is 18.5. The maximum Gasteiger partial charge on any atom is 0.256 e. The number of carbonyl (C=O) groups is 1. The Balaban J connectivity index is 2.85. The molecule has 1 rings (SSSR count). The summed E-state index contributed by atoms with van der Waals surface area (Å²) in [5.41, 5.74) is 0.977. The molecule has 0 heterocycles. The van der Waals surface area contributed by atoms with Crippen LogP contribution in [-0.4, -0.2) is 24.2 Å². The van der Waals surface area contributed by atoms with Crippen molar-refractivity contribution in [2.75, 3.05) is 11.9 Å². The summed E-state index contributed by atoms with van der Waals surface area (Å²) >= 11 is 0. The second kappa shape index (κ2) is 8.18. The highest BCUT2D eigenvalue weighted by atomic mass is 16.5. The molecule has 0 aliphatic carbocycles. The molecule has 1 aromatic rings. The van der Waals surface area contributed by atoms with Crippen LogP contribution in [0.25, 0.3) is 0 Å². The summed E-state index contributed by atoms with van der Waals surface area (Å²) in [6.45, 7) is 12.3. The number of carbonyl (C=O) groups excluding carboxylic acids is 1. The van der Waals surface area contributed by atoms with Gasteiger partial charge in [0.05, 0.1) is 6.10 Å². The number of nitrogens with one attached hydrogen (secondary N) is 1. The van der Waals surface area contributed by atoms with E-state index in [1.54, 1.807) is 0 Å². The first-order valence-corrected chi connectivity index (χ1v) is 8.05. The van der Waals surface area contributed by atoms with Gasteiger partial charge in [-0.25, -0.2) is 0 Å². The molecule has 0 unspecified atom stereocenters. The van der Waals surface area contributed by atoms with Gasteiger partial charge in [0.15, 0.2) is 0 Å². The van der Waals surface area contributed by atoms with E-state index < -0.39 is 5.60 Å². The molecule has 0 aromatic heterocycles. The smallest absolute Gasteiger partial charge is 0.256 e. The highest BCUT2D eigenvalue weighted by molar-refractivity contribution is 5.97. The van der Waals surface area contributed by atoms with Crippen LogP contribution in [0.4, 0.5) is 5.69 Å². The first-order valence-electron chi connectivity index (χ1n) is 8.05. The molecule has 0 saturated heterocycles. The van der Waals surface area contributed by atoms with E-state index in [2.05, 4.69) is 5.32 Å². The third-order valence-corrected chi connectivity index (χ3v) is 3.47. The van der Waals surface area contributed by atoms with Crippen molar-refractivity contribution >= 4 is 11.6 Å². The Labute approximate surface area is 134 Å². The molecule has 0 bridgehead atoms. The van der Waals surface area contributed by atoms with E-state index in [1.165, 1.54) is 0 Å². The number of amides is 1. The number of rotatable bonds is 8. The Bertz CT molecular complexity index is 491. The monoisotopic (exact) mass is 307 g/mol. The number of hydrogen-bond donors (Lipinski definition) is 1. The number of hydrogen-bond acceptors (Lipinski definition) is 3. The molecule has 1 N–H and O–H groups in total. The molecular weight excluding hydrogens is 278 g/mol. The van der Waals surface area contributed by atoms with Gasteiger partial charge in [-0.05, 0) is 64.8 Å². The minimum atomic E-state index is -0.787. The molecular formula is C18H29NO3. The van der Waals surface area contributed by atoms with Crippen LogP contribution in [0.15, 0.2) is 18.2 Å². The Hall–Kier alpha value is -1.55. The van der Waals surface area contributed by atoms with Gasteiger partial charge >= 0.3 is 0 Å². The molecule has 0 radical (unpaired) electrons. The summed E-state index contributed by atoms with van der Waals surface area (Å²) in [6, 6.07) is 5.68. The maximum atomic E-state index is 12.5. The van der Waals surface area contributed by atoms with Crippen LogP contribution in [0.3, 0.4) is 0 Å². The lowest BCUT2D eigenvalue weighted by atomic mass is 9.99. The third kappa shape index (κ3) is 5.02. The van der Waals surface area contributed by atoms with Crippen molar-refractivity contribution < 1.29 is 14.3 Å². The van der Waals surface area contributed by atoms with E-state index in [-0.39, 0.29) is 12.0 Å². The molecule has 0 saturated carbocycles. The predicted molar refractivity (Wildman–Crippen MR) is 90.5 cm³/mol. The van der Waals surface area contributed by atoms with Crippen molar-refractivity contribution in [3.8, 4) is 5.75 Å². The zero-order valence-electron chi connectivity index (χ0n) is 14.7. The molecule has 4 nitrogen and oxygen atoms in total. The molecule has 1 amide bonds. The first-order chi connectivity index (χ1) is 10.3. The number of ether oxygens (including phenoxy) is 2. The van der Waals surface area contributed by atoms with E-state index >= 15 is 0 Å². The van der Waals surface area contributed by atoms with Gasteiger partial charge < -0.3 is 14.8 Å². The van der Waals surface area contributed by atoms with Crippen LogP contribution in [-0.2, 0) is 9.53 Å². The molecule has 0 fully saturated rings. The van der Waals surface area contributed by atoms with Crippen molar-refractivity contribution in [2.45, 2.75) is 66.1 Å². The lowest BCUT2D eigenvalue weighted by molar-refractivity contribution is -0.139. The highest BCUT2D eigenvalue weighted by Crippen LogP contribution is 2.25. The van der Waals surface area contributed by atoms with Crippen LogP contribution < -0.4 is 10.1 Å². The zero-order valence-corrected chi connectivity index (χ0v) is 14.7. The van der Waals surface area contributed by atoms with Crippen molar-refractivity contribution in [2.24, 2.45) is 0 Å². The Morgan fingerprint density at radius 1 is 1.32 bits per heavy atom. The zero-order chi connectivity index (χ0) is 16.8. The minimum absolute atomic E-state index is 0.104. The Kier molecular flexibility index (Phi) is 6.88. The normalized spacial score (nSPS) is 13.8. The average Bonchev–Trinajstić information content (AvgIpc) is 2.42. The summed E-state index contributed by atoms with van der Waals surface area (Å²) in [6.07, 6.45) is 1.72. The van der Waals surface area contributed by atoms with Crippen LogP contribution in [0.5, 0.6) is 5.75 Å². The molecule has 0 aliphatic heterocycles. The van der Waals surface area contributed by atoms with Crippen LogP contribution >= 0.6 is 0 Å². The van der Waals surface area contributed by atoms with Gasteiger partial charge in [0.2, 0.25) is 0 Å². The summed E-state index contributed by atoms with van der Waals surface area (Å²) < 4.78 is 11.4. The summed E-state index contributed by atoms with van der Waals surface area (Å²) in [4.78, 5) is 12.5. The Morgan fingerprint density at radius 3 is 2.50 bits per heavy atom. The molecule has 4 heteroatoms. The topological polar surface area (TPSA) is 47.6 Å². The van der Waals surface area contributed by atoms with Gasteiger partial charge in [-0.2, -0.15) is 0 Å². The quantitative estimate of drug-likeness (QED) is 0.778. The van der Waals surface area contributed by atoms with Crippen LogP contribution in [0.2, 0.25) is 0 Å². The molecule has 124 valence electrons. The number of benzene rings is 1. The van der Waals surface area contributed by atoms with Crippen molar-refractivity contribution in [3.05, 3.63) is 23.8 Å². The van der Waals surface area contributed by atoms with Gasteiger partial charge in [-0.3, -0.25) is 4.79 Å². The number of aryl methyl sites for hydroxylation is 1. The molecule has 1 aromatic carbocycles. The van der Waals surface area contributed by atoms with E-state index in [1.807, 2.05) is 59.7 Å². The second-order valence-corrected chi connectivity index (χ2v) is 6.01.